The molecule has 0 radical (unpaired) electrons. The molecular weight excluding hydrogens is 547 g/mol. The Kier molecular flexibility index (Phi) is 8.60. The minimum atomic E-state index is -1.04. The number of benzene rings is 3. The quantitative estimate of drug-likeness (QED) is 0.227. The number of carbonyl (C=O) groups is 2. The van der Waals surface area contributed by atoms with Gasteiger partial charge in [0.1, 0.15) is 18.2 Å². The Labute approximate surface area is 243 Å². The maximum atomic E-state index is 14.2. The Morgan fingerprint density at radius 3 is 2.02 bits per heavy atom. The number of carboxylic acid groups (broad SMARTS) is 1. The maximum Gasteiger partial charge on any atom is 0.326 e. The molecular formula is C32H30Cl2N2O4. The van der Waals surface area contributed by atoms with Gasteiger partial charge in [-0.25, -0.2) is 4.79 Å². The molecule has 0 aliphatic carbocycles. The molecule has 1 saturated heterocycles. The van der Waals surface area contributed by atoms with Gasteiger partial charge in [0, 0.05) is 34.5 Å². The molecule has 1 amide bonds. The van der Waals surface area contributed by atoms with E-state index < -0.39 is 30.3 Å². The third-order valence-electron chi connectivity index (χ3n) is 7.28. The monoisotopic (exact) mass is 576 g/mol. The van der Waals surface area contributed by atoms with Crippen LogP contribution in [-0.2, 0) is 20.7 Å². The molecule has 1 aromatic heterocycles. The summed E-state index contributed by atoms with van der Waals surface area (Å²) in [5, 5.41) is 11.4. The first-order valence-electron chi connectivity index (χ1n) is 13.3. The van der Waals surface area contributed by atoms with Gasteiger partial charge in [0.2, 0.25) is 0 Å². The van der Waals surface area contributed by atoms with Crippen molar-refractivity contribution >= 4 is 35.1 Å². The molecule has 40 heavy (non-hydrogen) atoms. The Hall–Kier alpha value is -3.58. The molecule has 3 aromatic carbocycles. The highest BCUT2D eigenvalue weighted by molar-refractivity contribution is 6.30. The zero-order chi connectivity index (χ0) is 28.2. The summed E-state index contributed by atoms with van der Waals surface area (Å²) in [5.74, 6) is -1.39. The van der Waals surface area contributed by atoms with Crippen LogP contribution in [0.5, 0.6) is 0 Å². The van der Waals surface area contributed by atoms with E-state index in [2.05, 4.69) is 0 Å². The van der Waals surface area contributed by atoms with Crippen LogP contribution < -0.4 is 0 Å². The van der Waals surface area contributed by atoms with Crippen LogP contribution in [0.3, 0.4) is 0 Å². The van der Waals surface area contributed by atoms with Crippen LogP contribution >= 0.6 is 23.2 Å². The molecule has 4 aromatic rings. The molecule has 6 nitrogen and oxygen atoms in total. The van der Waals surface area contributed by atoms with Crippen LogP contribution in [0.2, 0.25) is 10.0 Å². The van der Waals surface area contributed by atoms with Gasteiger partial charge in [0.15, 0.2) is 0 Å². The van der Waals surface area contributed by atoms with Crippen molar-refractivity contribution in [2.45, 2.75) is 50.5 Å². The van der Waals surface area contributed by atoms with Crippen LogP contribution in [0.1, 0.15) is 48.6 Å². The summed E-state index contributed by atoms with van der Waals surface area (Å²) in [5.41, 5.74) is 3.46. The Morgan fingerprint density at radius 2 is 1.48 bits per heavy atom. The first-order chi connectivity index (χ1) is 19.4. The molecule has 1 aliphatic heterocycles. The lowest BCUT2D eigenvalue weighted by atomic mass is 9.88. The Balaban J connectivity index is 1.56. The number of carboxylic acids is 1. The van der Waals surface area contributed by atoms with Gasteiger partial charge >= 0.3 is 5.97 Å². The van der Waals surface area contributed by atoms with Crippen molar-refractivity contribution in [2.24, 2.45) is 0 Å². The normalized spacial score (nSPS) is 19.9. The number of hydrogen-bond donors (Lipinski definition) is 1. The van der Waals surface area contributed by atoms with E-state index in [1.54, 1.807) is 24.3 Å². The van der Waals surface area contributed by atoms with Gasteiger partial charge in [0.05, 0.1) is 6.04 Å². The van der Waals surface area contributed by atoms with E-state index in [1.807, 2.05) is 84.5 Å². The first-order valence-corrected chi connectivity index (χ1v) is 14.0. The Bertz CT molecular complexity index is 1440. The number of morpholine rings is 1. The summed E-state index contributed by atoms with van der Waals surface area (Å²) in [4.78, 5) is 28.3. The number of rotatable bonds is 9. The van der Waals surface area contributed by atoms with Gasteiger partial charge in [-0.05, 0) is 71.6 Å². The minimum absolute atomic E-state index is 0.303. The zero-order valence-electron chi connectivity index (χ0n) is 22.0. The molecule has 0 bridgehead atoms. The number of aromatic nitrogens is 1. The number of carbonyl (C=O) groups excluding carboxylic acids is 1. The lowest BCUT2D eigenvalue weighted by molar-refractivity contribution is -0.184. The zero-order valence-corrected chi connectivity index (χ0v) is 23.5. The highest BCUT2D eigenvalue weighted by atomic mass is 35.5. The van der Waals surface area contributed by atoms with E-state index in [0.717, 1.165) is 22.4 Å². The van der Waals surface area contributed by atoms with Gasteiger partial charge in [-0.3, -0.25) is 4.79 Å². The summed E-state index contributed by atoms with van der Waals surface area (Å²) in [6.45, 7) is 1.92. The van der Waals surface area contributed by atoms with Gasteiger partial charge in [0.25, 0.3) is 5.91 Å². The fourth-order valence-corrected chi connectivity index (χ4v) is 5.58. The molecule has 0 saturated carbocycles. The Morgan fingerprint density at radius 1 is 0.900 bits per heavy atom. The SMILES string of the molecule is CCC[C@H](C(=O)O)N1C(=O)[C@H](Cc2ccc(-n3cccc3)cc2)O[C@@H](c2ccc(Cl)cc2)[C@H]1c1ccc(Cl)cc1. The van der Waals surface area contributed by atoms with Gasteiger partial charge in [-0.1, -0.05) is 72.9 Å². The second-order valence-electron chi connectivity index (χ2n) is 9.94. The second kappa shape index (κ2) is 12.3. The average molecular weight is 578 g/mol. The van der Waals surface area contributed by atoms with Crippen molar-refractivity contribution in [3.8, 4) is 5.69 Å². The third kappa shape index (κ3) is 5.94. The number of nitrogens with zero attached hydrogens (tertiary/aromatic N) is 2. The lowest BCUT2D eigenvalue weighted by Gasteiger charge is -2.47. The number of aliphatic carboxylic acids is 1. The van der Waals surface area contributed by atoms with Crippen LogP contribution in [0.25, 0.3) is 5.69 Å². The molecule has 1 aliphatic rings. The molecule has 206 valence electrons. The summed E-state index contributed by atoms with van der Waals surface area (Å²) >= 11 is 12.4. The smallest absolute Gasteiger partial charge is 0.326 e. The summed E-state index contributed by atoms with van der Waals surface area (Å²) in [6, 6.07) is 24.6. The highest BCUT2D eigenvalue weighted by Crippen LogP contribution is 2.44. The topological polar surface area (TPSA) is 71.8 Å². The molecule has 2 heterocycles. The van der Waals surface area contributed by atoms with E-state index in [0.29, 0.717) is 29.3 Å². The molecule has 0 spiro atoms. The molecule has 4 atom stereocenters. The van der Waals surface area contributed by atoms with Crippen molar-refractivity contribution in [3.05, 3.63) is 124 Å². The predicted octanol–water partition coefficient (Wildman–Crippen LogP) is 7.29. The van der Waals surface area contributed by atoms with Crippen molar-refractivity contribution in [2.75, 3.05) is 0 Å². The standard InChI is InChI=1S/C32H30Cl2N2O4/c1-2-5-27(32(38)39)36-29(22-8-12-24(33)13-9-22)30(23-10-14-25(34)15-11-23)40-28(31(36)37)20-21-6-16-26(17-7-21)35-18-3-4-19-35/h3-4,6-19,27-30H,2,5,20H2,1H3,(H,38,39)/t27-,28+,29-,30+/m1/s1. The van der Waals surface area contributed by atoms with Gasteiger partial charge < -0.3 is 19.3 Å². The van der Waals surface area contributed by atoms with Crippen molar-refractivity contribution < 1.29 is 19.4 Å². The summed E-state index contributed by atoms with van der Waals surface area (Å²) < 4.78 is 8.60. The van der Waals surface area contributed by atoms with E-state index >= 15 is 0 Å². The van der Waals surface area contributed by atoms with E-state index in [1.165, 1.54) is 4.90 Å². The van der Waals surface area contributed by atoms with E-state index in [9.17, 15) is 14.7 Å². The molecule has 1 fully saturated rings. The second-order valence-corrected chi connectivity index (χ2v) is 10.8. The maximum absolute atomic E-state index is 14.2. The van der Waals surface area contributed by atoms with Crippen LogP contribution in [-0.4, -0.2) is 38.6 Å². The van der Waals surface area contributed by atoms with Crippen molar-refractivity contribution in [1.29, 1.82) is 0 Å². The average Bonchev–Trinajstić information content (AvgIpc) is 3.49. The molecule has 5 rings (SSSR count). The molecule has 0 unspecified atom stereocenters. The van der Waals surface area contributed by atoms with Gasteiger partial charge in [-0.2, -0.15) is 0 Å². The predicted molar refractivity (Wildman–Crippen MR) is 156 cm³/mol. The van der Waals surface area contributed by atoms with Crippen molar-refractivity contribution in [1.82, 2.24) is 9.47 Å². The fraction of sp³-hybridized carbons (Fsp3) is 0.250. The van der Waals surface area contributed by atoms with Crippen molar-refractivity contribution in [3.63, 3.8) is 0 Å². The highest BCUT2D eigenvalue weighted by Gasteiger charge is 2.48. The van der Waals surface area contributed by atoms with E-state index in [-0.39, 0.29) is 5.91 Å². The number of hydrogen-bond acceptors (Lipinski definition) is 3. The third-order valence-corrected chi connectivity index (χ3v) is 7.78. The van der Waals surface area contributed by atoms with Crippen LogP contribution in [0.15, 0.2) is 97.3 Å². The largest absolute Gasteiger partial charge is 0.480 e. The summed E-state index contributed by atoms with van der Waals surface area (Å²) in [6.07, 6.45) is 3.65. The first kappa shape index (κ1) is 28.0. The van der Waals surface area contributed by atoms with Gasteiger partial charge in [-0.15, -0.1) is 0 Å². The number of amides is 1. The molecule has 8 heteroatoms. The number of halogens is 2. The lowest BCUT2D eigenvalue weighted by Crippen LogP contribution is -2.57. The fourth-order valence-electron chi connectivity index (χ4n) is 5.33. The minimum Gasteiger partial charge on any atom is -0.480 e. The summed E-state index contributed by atoms with van der Waals surface area (Å²) in [7, 11) is 0. The van der Waals surface area contributed by atoms with Crippen LogP contribution in [0, 0.1) is 0 Å². The van der Waals surface area contributed by atoms with E-state index in [4.69, 9.17) is 27.9 Å². The van der Waals surface area contributed by atoms with Crippen LogP contribution in [0.4, 0.5) is 0 Å². The molecule has 1 N–H and O–H groups in total. The number of ether oxygens (including phenoxy) is 1.